The summed E-state index contributed by atoms with van der Waals surface area (Å²) < 4.78 is 51.2. The summed E-state index contributed by atoms with van der Waals surface area (Å²) in [4.78, 5) is 24.1. The molecule has 0 aromatic heterocycles. The number of ether oxygens (including phenoxy) is 2. The van der Waals surface area contributed by atoms with E-state index in [1.54, 1.807) is 31.2 Å². The molecule has 1 saturated heterocycles. The molecule has 0 unspecified atom stereocenters. The molecule has 2 aromatic carbocycles. The molecule has 2 aromatic rings. The Morgan fingerprint density at radius 2 is 1.91 bits per heavy atom. The molecule has 1 N–H and O–H groups in total. The van der Waals surface area contributed by atoms with Gasteiger partial charge in [-0.15, -0.1) is 0 Å². The molecule has 10 heteroatoms. The lowest BCUT2D eigenvalue weighted by molar-refractivity contribution is -0.142. The van der Waals surface area contributed by atoms with Crippen molar-refractivity contribution in [2.24, 2.45) is 5.92 Å². The lowest BCUT2D eigenvalue weighted by Gasteiger charge is -2.31. The third-order valence-electron chi connectivity index (χ3n) is 5.37. The second kappa shape index (κ2) is 10.8. The average molecular weight is 479 g/mol. The number of nitrogens with zero attached hydrogens (tertiary/aromatic N) is 1. The highest BCUT2D eigenvalue weighted by Crippen LogP contribution is 2.30. The van der Waals surface area contributed by atoms with Crippen LogP contribution in [-0.2, 0) is 30.8 Å². The van der Waals surface area contributed by atoms with Crippen LogP contribution in [0.25, 0.3) is 0 Å². The molecule has 33 heavy (non-hydrogen) atoms. The molecule has 1 atom stereocenters. The SMILES string of the molecule is CCOC(=O)Cc1ccc(NC(=O)[C@H]2CCCN(S(=O)(=O)c3cc(F)ccc3OC)C2)cc1. The van der Waals surface area contributed by atoms with E-state index < -0.39 is 21.8 Å². The summed E-state index contributed by atoms with van der Waals surface area (Å²) in [5, 5.41) is 2.80. The molecule has 0 saturated carbocycles. The van der Waals surface area contributed by atoms with Gasteiger partial charge < -0.3 is 14.8 Å². The van der Waals surface area contributed by atoms with Crippen LogP contribution in [0.5, 0.6) is 5.75 Å². The minimum Gasteiger partial charge on any atom is -0.495 e. The molecule has 0 aliphatic carbocycles. The van der Waals surface area contributed by atoms with Crippen molar-refractivity contribution in [3.8, 4) is 5.75 Å². The van der Waals surface area contributed by atoms with Gasteiger partial charge in [0.05, 0.1) is 26.1 Å². The van der Waals surface area contributed by atoms with E-state index in [-0.39, 0.29) is 42.0 Å². The Kier molecular flexibility index (Phi) is 8.04. The van der Waals surface area contributed by atoms with Crippen molar-refractivity contribution < 1.29 is 31.9 Å². The second-order valence-corrected chi connectivity index (χ2v) is 9.57. The Morgan fingerprint density at radius 3 is 2.58 bits per heavy atom. The van der Waals surface area contributed by atoms with Crippen molar-refractivity contribution in [2.45, 2.75) is 31.1 Å². The van der Waals surface area contributed by atoms with Crippen LogP contribution in [0.4, 0.5) is 10.1 Å². The molecule has 0 radical (unpaired) electrons. The smallest absolute Gasteiger partial charge is 0.310 e. The Hall–Kier alpha value is -2.98. The van der Waals surface area contributed by atoms with Crippen molar-refractivity contribution in [3.63, 3.8) is 0 Å². The monoisotopic (exact) mass is 478 g/mol. The Balaban J connectivity index is 1.67. The number of amides is 1. The van der Waals surface area contributed by atoms with Crippen molar-refractivity contribution >= 4 is 27.6 Å². The van der Waals surface area contributed by atoms with E-state index in [2.05, 4.69) is 5.32 Å². The predicted octanol–water partition coefficient (Wildman–Crippen LogP) is 2.98. The van der Waals surface area contributed by atoms with Crippen LogP contribution < -0.4 is 10.1 Å². The molecule has 1 amide bonds. The number of methoxy groups -OCH3 is 1. The highest BCUT2D eigenvalue weighted by atomic mass is 32.2. The number of nitrogens with one attached hydrogen (secondary N) is 1. The average Bonchev–Trinajstić information content (AvgIpc) is 2.80. The number of piperidine rings is 1. The van der Waals surface area contributed by atoms with Crippen molar-refractivity contribution in [3.05, 3.63) is 53.8 Å². The summed E-state index contributed by atoms with van der Waals surface area (Å²) in [7, 11) is -2.73. The number of hydrogen-bond acceptors (Lipinski definition) is 6. The van der Waals surface area contributed by atoms with Crippen LogP contribution in [0, 0.1) is 11.7 Å². The van der Waals surface area contributed by atoms with Gasteiger partial charge in [-0.05, 0) is 55.7 Å². The number of hydrogen-bond donors (Lipinski definition) is 1. The summed E-state index contributed by atoms with van der Waals surface area (Å²) in [6.45, 7) is 2.26. The third-order valence-corrected chi connectivity index (χ3v) is 7.26. The maximum Gasteiger partial charge on any atom is 0.310 e. The van der Waals surface area contributed by atoms with Gasteiger partial charge in [-0.1, -0.05) is 12.1 Å². The fraction of sp³-hybridized carbons (Fsp3) is 0.391. The normalized spacial score (nSPS) is 16.8. The van der Waals surface area contributed by atoms with E-state index in [1.165, 1.54) is 17.5 Å². The first-order valence-corrected chi connectivity index (χ1v) is 12.1. The van der Waals surface area contributed by atoms with Gasteiger partial charge in [0.25, 0.3) is 0 Å². The zero-order valence-corrected chi connectivity index (χ0v) is 19.4. The van der Waals surface area contributed by atoms with E-state index >= 15 is 0 Å². The topological polar surface area (TPSA) is 102 Å². The van der Waals surface area contributed by atoms with Crippen molar-refractivity contribution in [1.29, 1.82) is 0 Å². The number of anilines is 1. The van der Waals surface area contributed by atoms with Gasteiger partial charge in [0.15, 0.2) is 0 Å². The zero-order valence-electron chi connectivity index (χ0n) is 18.5. The molecule has 1 aliphatic heterocycles. The maximum atomic E-state index is 13.7. The summed E-state index contributed by atoms with van der Waals surface area (Å²) >= 11 is 0. The molecule has 1 fully saturated rings. The molecule has 1 heterocycles. The van der Waals surface area contributed by atoms with Crippen LogP contribution in [0.2, 0.25) is 0 Å². The van der Waals surface area contributed by atoms with E-state index in [0.717, 1.165) is 17.7 Å². The Bertz CT molecular complexity index is 1100. The summed E-state index contributed by atoms with van der Waals surface area (Å²) in [6, 6.07) is 10.1. The van der Waals surface area contributed by atoms with Crippen LogP contribution in [0.1, 0.15) is 25.3 Å². The molecule has 0 spiro atoms. The predicted molar refractivity (Wildman–Crippen MR) is 120 cm³/mol. The maximum absolute atomic E-state index is 13.7. The van der Waals surface area contributed by atoms with Gasteiger partial charge in [0, 0.05) is 18.8 Å². The fourth-order valence-corrected chi connectivity index (χ4v) is 5.39. The second-order valence-electron chi connectivity index (χ2n) is 7.67. The molecular weight excluding hydrogens is 451 g/mol. The largest absolute Gasteiger partial charge is 0.495 e. The Labute approximate surface area is 192 Å². The van der Waals surface area contributed by atoms with Gasteiger partial charge >= 0.3 is 5.97 Å². The minimum absolute atomic E-state index is 0.0191. The van der Waals surface area contributed by atoms with Gasteiger partial charge in [-0.2, -0.15) is 4.31 Å². The standard InChI is InChI=1S/C23H27FN2O6S/c1-3-32-22(27)13-16-6-9-19(10-7-16)25-23(28)17-5-4-12-26(15-17)33(29,30)21-14-18(24)8-11-20(21)31-2/h6-11,14,17H,3-5,12-13,15H2,1-2H3,(H,25,28)/t17-/m0/s1. The first kappa shape index (κ1) is 24.7. The molecule has 178 valence electrons. The number of sulfonamides is 1. The van der Waals surface area contributed by atoms with Crippen LogP contribution in [0.3, 0.4) is 0 Å². The van der Waals surface area contributed by atoms with Gasteiger partial charge in [0.2, 0.25) is 15.9 Å². The first-order valence-electron chi connectivity index (χ1n) is 10.6. The van der Waals surface area contributed by atoms with Gasteiger partial charge in [-0.25, -0.2) is 12.8 Å². The molecule has 8 nitrogen and oxygen atoms in total. The molecule has 3 rings (SSSR count). The number of rotatable bonds is 8. The third kappa shape index (κ3) is 6.08. The zero-order chi connectivity index (χ0) is 24.0. The number of carbonyl (C=O) groups excluding carboxylic acids is 2. The van der Waals surface area contributed by atoms with Crippen molar-refractivity contribution in [2.75, 3.05) is 32.1 Å². The highest BCUT2D eigenvalue weighted by molar-refractivity contribution is 7.89. The molecule has 0 bridgehead atoms. The van der Waals surface area contributed by atoms with Gasteiger partial charge in [0.1, 0.15) is 16.5 Å². The lowest BCUT2D eigenvalue weighted by atomic mass is 9.98. The number of carbonyl (C=O) groups is 2. The highest BCUT2D eigenvalue weighted by Gasteiger charge is 2.35. The van der Waals surface area contributed by atoms with Crippen LogP contribution >= 0.6 is 0 Å². The van der Waals surface area contributed by atoms with Crippen LogP contribution in [-0.4, -0.2) is 51.4 Å². The van der Waals surface area contributed by atoms with Crippen molar-refractivity contribution in [1.82, 2.24) is 4.31 Å². The number of esters is 1. The van der Waals surface area contributed by atoms with E-state index in [4.69, 9.17) is 9.47 Å². The van der Waals surface area contributed by atoms with E-state index in [9.17, 15) is 22.4 Å². The number of benzene rings is 2. The summed E-state index contributed by atoms with van der Waals surface area (Å²) in [5.74, 6) is -1.84. The Morgan fingerprint density at radius 1 is 1.18 bits per heavy atom. The minimum atomic E-state index is -4.04. The quantitative estimate of drug-likeness (QED) is 0.586. The van der Waals surface area contributed by atoms with E-state index in [0.29, 0.717) is 25.1 Å². The molecular formula is C23H27FN2O6S. The van der Waals surface area contributed by atoms with E-state index in [1.807, 2.05) is 0 Å². The fourth-order valence-electron chi connectivity index (χ4n) is 3.69. The van der Waals surface area contributed by atoms with Gasteiger partial charge in [-0.3, -0.25) is 9.59 Å². The lowest BCUT2D eigenvalue weighted by Crippen LogP contribution is -2.43. The molecule has 1 aliphatic rings. The summed E-state index contributed by atoms with van der Waals surface area (Å²) in [5.41, 5.74) is 1.30. The first-order chi connectivity index (χ1) is 15.7. The van der Waals surface area contributed by atoms with Crippen LogP contribution in [0.15, 0.2) is 47.4 Å². The summed E-state index contributed by atoms with van der Waals surface area (Å²) in [6.07, 6.45) is 1.16. The number of halogens is 1.